The zero-order valence-corrected chi connectivity index (χ0v) is 9.92. The van der Waals surface area contributed by atoms with Crippen molar-refractivity contribution in [3.05, 3.63) is 0 Å². The molecule has 0 spiro atoms. The second-order valence-corrected chi connectivity index (χ2v) is 6.79. The first-order valence-corrected chi connectivity index (χ1v) is 6.60. The molecule has 0 aromatic carbocycles. The third-order valence-electron chi connectivity index (χ3n) is 2.86. The van der Waals surface area contributed by atoms with Crippen LogP contribution in [-0.4, -0.2) is 37.1 Å². The molecule has 1 heterocycles. The van der Waals surface area contributed by atoms with Crippen LogP contribution in [-0.2, 0) is 10.0 Å². The zero-order valence-electron chi connectivity index (χ0n) is 9.10. The Morgan fingerprint density at radius 1 is 1.50 bits per heavy atom. The first kappa shape index (κ1) is 11.9. The molecule has 0 bridgehead atoms. The van der Waals surface area contributed by atoms with Crippen molar-refractivity contribution in [2.75, 3.05) is 13.1 Å². The lowest BCUT2D eigenvalue weighted by molar-refractivity contribution is 0.400. The molecule has 2 atom stereocenters. The van der Waals surface area contributed by atoms with Crippen LogP contribution in [0.25, 0.3) is 0 Å². The largest absolute Gasteiger partial charge is 0.330 e. The summed E-state index contributed by atoms with van der Waals surface area (Å²) >= 11 is 0. The van der Waals surface area contributed by atoms with Gasteiger partial charge in [0, 0.05) is 12.6 Å². The quantitative estimate of drug-likeness (QED) is 0.748. The Labute approximate surface area is 86.5 Å². The Morgan fingerprint density at radius 3 is 2.43 bits per heavy atom. The summed E-state index contributed by atoms with van der Waals surface area (Å²) in [6.07, 6.45) is 0.891. The highest BCUT2D eigenvalue weighted by atomic mass is 32.2. The fraction of sp³-hybridized carbons (Fsp3) is 1.00. The van der Waals surface area contributed by atoms with Crippen LogP contribution in [0, 0.1) is 5.92 Å². The molecule has 4 nitrogen and oxygen atoms in total. The molecule has 2 N–H and O–H groups in total. The molecule has 0 saturated carbocycles. The van der Waals surface area contributed by atoms with Crippen molar-refractivity contribution in [2.24, 2.45) is 11.7 Å². The predicted octanol–water partition coefficient (Wildman–Crippen LogP) is 0.394. The lowest BCUT2D eigenvalue weighted by atomic mass is 10.1. The topological polar surface area (TPSA) is 63.4 Å². The molecular formula is C9H20N2O2S. The number of nitrogens with zero attached hydrogens (tertiary/aromatic N) is 1. The fourth-order valence-electron chi connectivity index (χ4n) is 1.91. The standard InChI is InChI=1S/C9H20N2O2S/c1-7(2)14(12,13)11-6-9(5-10)4-8(11)3/h7-9H,4-6,10H2,1-3H3. The van der Waals surface area contributed by atoms with E-state index in [9.17, 15) is 8.42 Å². The van der Waals surface area contributed by atoms with Gasteiger partial charge in [0.2, 0.25) is 10.0 Å². The fourth-order valence-corrected chi connectivity index (χ4v) is 3.45. The molecule has 14 heavy (non-hydrogen) atoms. The number of hydrogen-bond acceptors (Lipinski definition) is 3. The summed E-state index contributed by atoms with van der Waals surface area (Å²) in [7, 11) is -3.09. The molecule has 1 saturated heterocycles. The molecule has 1 aliphatic rings. The minimum absolute atomic E-state index is 0.107. The van der Waals surface area contributed by atoms with E-state index in [2.05, 4.69) is 0 Å². The second kappa shape index (κ2) is 4.16. The van der Waals surface area contributed by atoms with E-state index in [1.54, 1.807) is 18.2 Å². The molecule has 0 aliphatic carbocycles. The van der Waals surface area contributed by atoms with Crippen LogP contribution in [0.3, 0.4) is 0 Å². The molecule has 1 aliphatic heterocycles. The van der Waals surface area contributed by atoms with Crippen molar-refractivity contribution in [3.8, 4) is 0 Å². The van der Waals surface area contributed by atoms with Crippen LogP contribution in [0.15, 0.2) is 0 Å². The van der Waals surface area contributed by atoms with Crippen molar-refractivity contribution in [1.29, 1.82) is 0 Å². The summed E-state index contributed by atoms with van der Waals surface area (Å²) in [5.41, 5.74) is 5.56. The average molecular weight is 220 g/mol. The monoisotopic (exact) mass is 220 g/mol. The highest BCUT2D eigenvalue weighted by Crippen LogP contribution is 2.26. The highest BCUT2D eigenvalue weighted by Gasteiger charge is 2.37. The third kappa shape index (κ3) is 2.10. The van der Waals surface area contributed by atoms with Crippen LogP contribution in [0.1, 0.15) is 27.2 Å². The van der Waals surface area contributed by atoms with Gasteiger partial charge < -0.3 is 5.73 Å². The molecule has 84 valence electrons. The molecule has 1 rings (SSSR count). The number of nitrogens with two attached hydrogens (primary N) is 1. The Bertz CT molecular complexity index is 287. The van der Waals surface area contributed by atoms with Gasteiger partial charge in [0.15, 0.2) is 0 Å². The second-order valence-electron chi connectivity index (χ2n) is 4.35. The van der Waals surface area contributed by atoms with E-state index in [4.69, 9.17) is 5.73 Å². The van der Waals surface area contributed by atoms with Crippen molar-refractivity contribution in [1.82, 2.24) is 4.31 Å². The van der Waals surface area contributed by atoms with Crippen LogP contribution in [0.4, 0.5) is 0 Å². The van der Waals surface area contributed by atoms with E-state index in [0.717, 1.165) is 6.42 Å². The smallest absolute Gasteiger partial charge is 0.216 e. The Hall–Kier alpha value is -0.130. The maximum absolute atomic E-state index is 11.9. The molecule has 5 heteroatoms. The van der Waals surface area contributed by atoms with Gasteiger partial charge in [-0.2, -0.15) is 4.31 Å². The van der Waals surface area contributed by atoms with Gasteiger partial charge >= 0.3 is 0 Å². The minimum atomic E-state index is -3.09. The number of rotatable bonds is 3. The SMILES string of the molecule is CC1CC(CN)CN1S(=O)(=O)C(C)C. The predicted molar refractivity (Wildman–Crippen MR) is 57.4 cm³/mol. The van der Waals surface area contributed by atoms with Crippen molar-refractivity contribution >= 4 is 10.0 Å². The molecule has 2 unspecified atom stereocenters. The van der Waals surface area contributed by atoms with E-state index >= 15 is 0 Å². The van der Waals surface area contributed by atoms with Crippen LogP contribution >= 0.6 is 0 Å². The van der Waals surface area contributed by atoms with Crippen LogP contribution in [0.5, 0.6) is 0 Å². The minimum Gasteiger partial charge on any atom is -0.330 e. The van der Waals surface area contributed by atoms with Gasteiger partial charge in [0.25, 0.3) is 0 Å². The first-order chi connectivity index (χ1) is 6.39. The van der Waals surface area contributed by atoms with Crippen molar-refractivity contribution in [2.45, 2.75) is 38.5 Å². The molecule has 1 fully saturated rings. The maximum atomic E-state index is 11.9. The van der Waals surface area contributed by atoms with E-state index in [1.807, 2.05) is 6.92 Å². The van der Waals surface area contributed by atoms with E-state index in [1.165, 1.54) is 0 Å². The summed E-state index contributed by atoms with van der Waals surface area (Å²) < 4.78 is 25.4. The van der Waals surface area contributed by atoms with Crippen molar-refractivity contribution < 1.29 is 8.42 Å². The lowest BCUT2D eigenvalue weighted by Crippen LogP contribution is -2.38. The van der Waals surface area contributed by atoms with Gasteiger partial charge in [0.1, 0.15) is 0 Å². The summed E-state index contributed by atoms with van der Waals surface area (Å²) in [6, 6.07) is 0.107. The zero-order chi connectivity index (χ0) is 10.9. The number of hydrogen-bond donors (Lipinski definition) is 1. The molecule has 0 radical (unpaired) electrons. The van der Waals surface area contributed by atoms with Gasteiger partial charge in [-0.15, -0.1) is 0 Å². The van der Waals surface area contributed by atoms with Gasteiger partial charge in [-0.3, -0.25) is 0 Å². The summed E-state index contributed by atoms with van der Waals surface area (Å²) in [5.74, 6) is 0.332. The lowest BCUT2D eigenvalue weighted by Gasteiger charge is -2.23. The highest BCUT2D eigenvalue weighted by molar-refractivity contribution is 7.89. The Morgan fingerprint density at radius 2 is 2.07 bits per heavy atom. The number of sulfonamides is 1. The van der Waals surface area contributed by atoms with Crippen LogP contribution < -0.4 is 5.73 Å². The Balaban J connectivity index is 2.80. The van der Waals surface area contributed by atoms with E-state index < -0.39 is 10.0 Å². The molecule has 0 amide bonds. The normalized spacial score (nSPS) is 30.1. The van der Waals surface area contributed by atoms with Gasteiger partial charge in [-0.05, 0) is 39.7 Å². The van der Waals surface area contributed by atoms with Crippen LogP contribution in [0.2, 0.25) is 0 Å². The summed E-state index contributed by atoms with van der Waals surface area (Å²) in [4.78, 5) is 0. The van der Waals surface area contributed by atoms with Crippen molar-refractivity contribution in [3.63, 3.8) is 0 Å². The van der Waals surface area contributed by atoms with E-state index in [0.29, 0.717) is 19.0 Å². The molecular weight excluding hydrogens is 200 g/mol. The van der Waals surface area contributed by atoms with Gasteiger partial charge in [0.05, 0.1) is 5.25 Å². The van der Waals surface area contributed by atoms with Gasteiger partial charge in [-0.25, -0.2) is 8.42 Å². The summed E-state index contributed by atoms with van der Waals surface area (Å²) in [5, 5.41) is -0.332. The molecule has 0 aromatic rings. The Kier molecular flexibility index (Phi) is 3.55. The molecule has 0 aromatic heterocycles. The van der Waals surface area contributed by atoms with E-state index in [-0.39, 0.29) is 11.3 Å². The van der Waals surface area contributed by atoms with Gasteiger partial charge in [-0.1, -0.05) is 0 Å². The maximum Gasteiger partial charge on any atom is 0.216 e. The third-order valence-corrected chi connectivity index (χ3v) is 5.21. The first-order valence-electron chi connectivity index (χ1n) is 5.10. The summed E-state index contributed by atoms with van der Waals surface area (Å²) in [6.45, 7) is 6.57. The average Bonchev–Trinajstić information content (AvgIpc) is 2.47.